The van der Waals surface area contributed by atoms with Crippen LogP contribution in [0.1, 0.15) is 34.5 Å². The Bertz CT molecular complexity index is 966. The summed E-state index contributed by atoms with van der Waals surface area (Å²) in [5.74, 6) is -0.408. The van der Waals surface area contributed by atoms with Crippen molar-refractivity contribution in [1.82, 2.24) is 9.55 Å². The first-order chi connectivity index (χ1) is 13.0. The highest BCUT2D eigenvalue weighted by Gasteiger charge is 2.23. The molecule has 6 heteroatoms. The first-order valence-electron chi connectivity index (χ1n) is 9.17. The molecule has 0 saturated carbocycles. The number of primary amides is 1. The first-order valence-corrected chi connectivity index (χ1v) is 10.1. The first kappa shape index (κ1) is 17.9. The molecule has 1 aliphatic heterocycles. The van der Waals surface area contributed by atoms with Gasteiger partial charge in [-0.05, 0) is 32.8 Å². The van der Waals surface area contributed by atoms with Gasteiger partial charge in [0.1, 0.15) is 5.01 Å². The lowest BCUT2D eigenvalue weighted by molar-refractivity contribution is 0.0961. The van der Waals surface area contributed by atoms with Gasteiger partial charge in [0.2, 0.25) is 0 Å². The summed E-state index contributed by atoms with van der Waals surface area (Å²) in [6.45, 7) is 5.53. The highest BCUT2D eigenvalue weighted by Crippen LogP contribution is 2.32. The molecule has 2 aromatic heterocycles. The second-order valence-corrected chi connectivity index (χ2v) is 7.90. The number of aromatic nitrogens is 2. The summed E-state index contributed by atoms with van der Waals surface area (Å²) in [6.07, 6.45) is 2.29. The summed E-state index contributed by atoms with van der Waals surface area (Å²) in [5.41, 5.74) is 11.1. The van der Waals surface area contributed by atoms with Crippen LogP contribution in [-0.2, 0) is 11.3 Å². The molecule has 0 radical (unpaired) electrons. The molecule has 1 atom stereocenters. The van der Waals surface area contributed by atoms with Crippen molar-refractivity contribution in [2.75, 3.05) is 6.61 Å². The molecule has 1 unspecified atom stereocenters. The fraction of sp³-hybridized carbons (Fsp3) is 0.333. The summed E-state index contributed by atoms with van der Waals surface area (Å²) in [4.78, 5) is 16.7. The number of carbonyl (C=O) groups is 1. The van der Waals surface area contributed by atoms with Gasteiger partial charge in [-0.25, -0.2) is 4.98 Å². The molecule has 1 aliphatic rings. The number of rotatable bonds is 5. The van der Waals surface area contributed by atoms with E-state index in [-0.39, 0.29) is 6.10 Å². The van der Waals surface area contributed by atoms with E-state index in [2.05, 4.69) is 35.8 Å². The molecule has 140 valence electrons. The molecule has 3 heterocycles. The third-order valence-corrected chi connectivity index (χ3v) is 6.00. The summed E-state index contributed by atoms with van der Waals surface area (Å²) in [7, 11) is 0. The van der Waals surface area contributed by atoms with Gasteiger partial charge >= 0.3 is 0 Å². The normalized spacial score (nSPS) is 16.7. The van der Waals surface area contributed by atoms with Crippen LogP contribution >= 0.6 is 11.3 Å². The predicted molar refractivity (Wildman–Crippen MR) is 108 cm³/mol. The zero-order valence-electron chi connectivity index (χ0n) is 15.6. The zero-order chi connectivity index (χ0) is 19.0. The molecule has 4 rings (SSSR count). The van der Waals surface area contributed by atoms with Crippen LogP contribution in [0.2, 0.25) is 0 Å². The number of hydrogen-bond donors (Lipinski definition) is 1. The summed E-state index contributed by atoms with van der Waals surface area (Å²) in [6, 6.07) is 10.2. The number of benzene rings is 1. The van der Waals surface area contributed by atoms with E-state index in [1.165, 1.54) is 5.56 Å². The maximum Gasteiger partial charge on any atom is 0.250 e. The molecule has 1 fully saturated rings. The van der Waals surface area contributed by atoms with Crippen molar-refractivity contribution in [3.05, 3.63) is 52.5 Å². The molecule has 1 amide bonds. The Balaban J connectivity index is 1.73. The van der Waals surface area contributed by atoms with Crippen molar-refractivity contribution in [3.8, 4) is 22.0 Å². The van der Waals surface area contributed by atoms with Crippen LogP contribution in [-0.4, -0.2) is 28.2 Å². The van der Waals surface area contributed by atoms with Crippen molar-refractivity contribution < 1.29 is 9.53 Å². The van der Waals surface area contributed by atoms with E-state index in [0.717, 1.165) is 47.1 Å². The molecule has 0 spiro atoms. The molecular formula is C21H23N3O2S. The second kappa shape index (κ2) is 7.29. The molecule has 0 aliphatic carbocycles. The predicted octanol–water partition coefficient (Wildman–Crippen LogP) is 4.17. The van der Waals surface area contributed by atoms with Gasteiger partial charge in [-0.3, -0.25) is 4.79 Å². The fourth-order valence-corrected chi connectivity index (χ4v) is 4.37. The zero-order valence-corrected chi connectivity index (χ0v) is 16.4. The van der Waals surface area contributed by atoms with Gasteiger partial charge in [-0.1, -0.05) is 29.8 Å². The van der Waals surface area contributed by atoms with E-state index < -0.39 is 5.91 Å². The van der Waals surface area contributed by atoms with Crippen LogP contribution in [0, 0.1) is 13.8 Å². The number of nitrogens with zero attached hydrogens (tertiary/aromatic N) is 2. The lowest BCUT2D eigenvalue weighted by Crippen LogP contribution is -2.18. The van der Waals surface area contributed by atoms with Crippen LogP contribution in [0.5, 0.6) is 0 Å². The third-order valence-electron chi connectivity index (χ3n) is 5.11. The summed E-state index contributed by atoms with van der Waals surface area (Å²) in [5, 5.41) is 3.01. The molecule has 5 nitrogen and oxygen atoms in total. The SMILES string of the molecule is Cc1ccc(-c2nc(-c3cc(C(N)=O)c(C)n3CC3CCCO3)cs2)cc1. The Morgan fingerprint density at radius 2 is 2.11 bits per heavy atom. The minimum Gasteiger partial charge on any atom is -0.376 e. The van der Waals surface area contributed by atoms with Crippen molar-refractivity contribution in [3.63, 3.8) is 0 Å². The average Bonchev–Trinajstić information content (AvgIpc) is 3.38. The van der Waals surface area contributed by atoms with Crippen molar-refractivity contribution >= 4 is 17.2 Å². The molecule has 3 aromatic rings. The van der Waals surface area contributed by atoms with E-state index >= 15 is 0 Å². The lowest BCUT2D eigenvalue weighted by Gasteiger charge is -2.15. The van der Waals surface area contributed by atoms with E-state index in [9.17, 15) is 4.79 Å². The van der Waals surface area contributed by atoms with Crippen LogP contribution in [0.3, 0.4) is 0 Å². The molecule has 27 heavy (non-hydrogen) atoms. The number of carbonyl (C=O) groups excluding carboxylic acids is 1. The monoisotopic (exact) mass is 381 g/mol. The van der Waals surface area contributed by atoms with Gasteiger partial charge in [0.15, 0.2) is 0 Å². The number of amides is 1. The summed E-state index contributed by atoms with van der Waals surface area (Å²) < 4.78 is 7.93. The average molecular weight is 382 g/mol. The van der Waals surface area contributed by atoms with Crippen molar-refractivity contribution in [2.45, 2.75) is 39.3 Å². The number of hydrogen-bond acceptors (Lipinski definition) is 4. The highest BCUT2D eigenvalue weighted by atomic mass is 32.1. The molecule has 1 aromatic carbocycles. The maximum absolute atomic E-state index is 11.9. The lowest BCUT2D eigenvalue weighted by atomic mass is 10.2. The largest absolute Gasteiger partial charge is 0.376 e. The summed E-state index contributed by atoms with van der Waals surface area (Å²) >= 11 is 1.61. The van der Waals surface area contributed by atoms with Crippen molar-refractivity contribution in [2.24, 2.45) is 5.73 Å². The van der Waals surface area contributed by atoms with E-state index in [0.29, 0.717) is 12.1 Å². The van der Waals surface area contributed by atoms with E-state index in [1.807, 2.05) is 18.4 Å². The van der Waals surface area contributed by atoms with Gasteiger partial charge in [0, 0.05) is 29.8 Å². The fourth-order valence-electron chi connectivity index (χ4n) is 3.55. The van der Waals surface area contributed by atoms with Gasteiger partial charge in [-0.15, -0.1) is 11.3 Å². The van der Waals surface area contributed by atoms with Gasteiger partial charge in [0.05, 0.1) is 23.1 Å². The van der Waals surface area contributed by atoms with Crippen molar-refractivity contribution in [1.29, 1.82) is 0 Å². The van der Waals surface area contributed by atoms with Crippen LogP contribution in [0.15, 0.2) is 35.7 Å². The Labute approximate surface area is 162 Å². The van der Waals surface area contributed by atoms with Gasteiger partial charge in [-0.2, -0.15) is 0 Å². The smallest absolute Gasteiger partial charge is 0.250 e. The minimum absolute atomic E-state index is 0.172. The van der Waals surface area contributed by atoms with E-state index in [4.69, 9.17) is 15.5 Å². The number of thiazole rings is 1. The van der Waals surface area contributed by atoms with Crippen LogP contribution in [0.4, 0.5) is 0 Å². The molecule has 2 N–H and O–H groups in total. The Hall–Kier alpha value is -2.44. The van der Waals surface area contributed by atoms with Crippen LogP contribution < -0.4 is 5.73 Å². The molecular weight excluding hydrogens is 358 g/mol. The Morgan fingerprint density at radius 3 is 2.78 bits per heavy atom. The molecule has 1 saturated heterocycles. The molecule has 0 bridgehead atoms. The number of ether oxygens (including phenoxy) is 1. The number of aryl methyl sites for hydroxylation is 1. The second-order valence-electron chi connectivity index (χ2n) is 7.04. The van der Waals surface area contributed by atoms with Gasteiger partial charge in [0.25, 0.3) is 5.91 Å². The standard InChI is InChI=1S/C21H23N3O2S/c1-13-5-7-15(8-6-13)21-23-18(12-27-21)19-10-17(20(22)25)14(2)24(19)11-16-4-3-9-26-16/h5-8,10,12,16H,3-4,9,11H2,1-2H3,(H2,22,25). The number of nitrogens with two attached hydrogens (primary N) is 1. The van der Waals surface area contributed by atoms with Gasteiger partial charge < -0.3 is 15.0 Å². The van der Waals surface area contributed by atoms with Crippen LogP contribution in [0.25, 0.3) is 22.0 Å². The topological polar surface area (TPSA) is 70.1 Å². The van der Waals surface area contributed by atoms with E-state index in [1.54, 1.807) is 11.3 Å². The maximum atomic E-state index is 11.9. The Kier molecular flexibility index (Phi) is 4.85. The quantitative estimate of drug-likeness (QED) is 0.721. The minimum atomic E-state index is -0.408. The Morgan fingerprint density at radius 1 is 1.33 bits per heavy atom. The highest BCUT2D eigenvalue weighted by molar-refractivity contribution is 7.13. The third kappa shape index (κ3) is 3.55.